The molecule has 1 aromatic carbocycles. The Morgan fingerprint density at radius 3 is 3.00 bits per heavy atom. The van der Waals surface area contributed by atoms with Crippen LogP contribution in [0.5, 0.6) is 5.75 Å². The maximum Gasteiger partial charge on any atom is 0.241 e. The number of thiazole rings is 1. The predicted molar refractivity (Wildman–Crippen MR) is 101 cm³/mol. The molecular weight excluding hydrogens is 356 g/mol. The highest BCUT2D eigenvalue weighted by molar-refractivity contribution is 8.03. The number of ether oxygens (including phenoxy) is 1. The van der Waals surface area contributed by atoms with Crippen LogP contribution >= 0.6 is 23.1 Å². The highest BCUT2D eigenvalue weighted by Gasteiger charge is 2.23. The van der Waals surface area contributed by atoms with Gasteiger partial charge in [0.15, 0.2) is 5.13 Å². The first-order valence-corrected chi connectivity index (χ1v) is 9.44. The molecule has 0 bridgehead atoms. The van der Waals surface area contributed by atoms with E-state index in [0.717, 1.165) is 33.0 Å². The molecule has 1 aliphatic rings. The number of thioether (sulfide) groups is 1. The minimum Gasteiger partial charge on any atom is -0.497 e. The van der Waals surface area contributed by atoms with Crippen LogP contribution in [-0.4, -0.2) is 35.2 Å². The summed E-state index contributed by atoms with van der Waals surface area (Å²) in [4.78, 5) is 18.1. The quantitative estimate of drug-likeness (QED) is 0.862. The van der Waals surface area contributed by atoms with Crippen LogP contribution in [0.25, 0.3) is 6.08 Å². The third-order valence-electron chi connectivity index (χ3n) is 3.50. The number of hydrogen-bond acceptors (Lipinski definition) is 7. The van der Waals surface area contributed by atoms with Crippen molar-refractivity contribution in [1.29, 1.82) is 5.26 Å². The van der Waals surface area contributed by atoms with Gasteiger partial charge in [-0.2, -0.15) is 5.26 Å². The van der Waals surface area contributed by atoms with E-state index in [1.165, 1.54) is 11.3 Å². The summed E-state index contributed by atoms with van der Waals surface area (Å²) in [6.45, 7) is 0.637. The van der Waals surface area contributed by atoms with Crippen LogP contribution in [0.15, 0.2) is 34.7 Å². The van der Waals surface area contributed by atoms with Gasteiger partial charge in [-0.15, -0.1) is 23.1 Å². The highest BCUT2D eigenvalue weighted by Crippen LogP contribution is 2.31. The van der Waals surface area contributed by atoms with Crippen molar-refractivity contribution in [3.05, 3.63) is 40.4 Å². The van der Waals surface area contributed by atoms with Gasteiger partial charge in [-0.25, -0.2) is 4.98 Å². The summed E-state index contributed by atoms with van der Waals surface area (Å²) in [5.74, 6) is 1.48. The van der Waals surface area contributed by atoms with Crippen molar-refractivity contribution in [3.63, 3.8) is 0 Å². The van der Waals surface area contributed by atoms with Crippen LogP contribution in [0.1, 0.15) is 12.1 Å². The summed E-state index contributed by atoms with van der Waals surface area (Å²) in [7, 11) is 1.63. The first-order chi connectivity index (χ1) is 12.2. The number of anilines is 2. The molecule has 1 aliphatic heterocycles. The number of benzene rings is 1. The zero-order chi connectivity index (χ0) is 17.6. The molecule has 0 spiro atoms. The van der Waals surface area contributed by atoms with Crippen molar-refractivity contribution in [3.8, 4) is 11.8 Å². The van der Waals surface area contributed by atoms with E-state index >= 15 is 0 Å². The fourth-order valence-electron chi connectivity index (χ4n) is 2.29. The molecule has 1 saturated heterocycles. The molecule has 25 heavy (non-hydrogen) atoms. The van der Waals surface area contributed by atoms with Gasteiger partial charge in [0.2, 0.25) is 5.91 Å². The first-order valence-electron chi connectivity index (χ1n) is 7.58. The molecule has 1 amide bonds. The Bertz CT molecular complexity index is 824. The summed E-state index contributed by atoms with van der Waals surface area (Å²) in [5.41, 5.74) is 1.72. The fraction of sp³-hybridized carbons (Fsp3) is 0.235. The molecule has 128 valence electrons. The van der Waals surface area contributed by atoms with Crippen molar-refractivity contribution >= 4 is 45.9 Å². The Morgan fingerprint density at radius 1 is 1.48 bits per heavy atom. The van der Waals surface area contributed by atoms with E-state index in [1.807, 2.05) is 41.8 Å². The van der Waals surface area contributed by atoms with E-state index in [1.54, 1.807) is 23.8 Å². The number of rotatable bonds is 5. The number of amides is 1. The average Bonchev–Trinajstić information content (AvgIpc) is 3.26. The highest BCUT2D eigenvalue weighted by atomic mass is 32.2. The molecule has 1 fully saturated rings. The Balaban J connectivity index is 1.70. The van der Waals surface area contributed by atoms with E-state index < -0.39 is 0 Å². The lowest BCUT2D eigenvalue weighted by Gasteiger charge is -2.14. The topological polar surface area (TPSA) is 78.2 Å². The maximum atomic E-state index is 12.0. The van der Waals surface area contributed by atoms with Gasteiger partial charge in [-0.3, -0.25) is 4.79 Å². The molecule has 6 nitrogen and oxygen atoms in total. The normalized spacial score (nSPS) is 15.2. The third kappa shape index (κ3) is 4.32. The molecule has 1 aromatic heterocycles. The lowest BCUT2D eigenvalue weighted by Crippen LogP contribution is -2.25. The number of nitriles is 1. The molecule has 2 heterocycles. The van der Waals surface area contributed by atoms with E-state index in [4.69, 9.17) is 10.00 Å². The molecule has 0 unspecified atom stereocenters. The van der Waals surface area contributed by atoms with Gasteiger partial charge in [0.25, 0.3) is 0 Å². The molecular formula is C17H16N4O2S2. The second-order valence-electron chi connectivity index (χ2n) is 5.14. The van der Waals surface area contributed by atoms with Gasteiger partial charge < -0.3 is 15.0 Å². The van der Waals surface area contributed by atoms with Crippen molar-refractivity contribution in [2.24, 2.45) is 0 Å². The van der Waals surface area contributed by atoms with Gasteiger partial charge in [-0.1, -0.05) is 0 Å². The number of carbonyl (C=O) groups excluding carboxylic acids is 1. The van der Waals surface area contributed by atoms with Crippen molar-refractivity contribution < 1.29 is 9.53 Å². The van der Waals surface area contributed by atoms with Gasteiger partial charge in [0.05, 0.1) is 23.9 Å². The Kier molecular flexibility index (Phi) is 5.58. The summed E-state index contributed by atoms with van der Waals surface area (Å²) >= 11 is 3.10. The second-order valence-corrected chi connectivity index (χ2v) is 7.12. The summed E-state index contributed by atoms with van der Waals surface area (Å²) < 4.78 is 5.14. The van der Waals surface area contributed by atoms with E-state index in [0.29, 0.717) is 6.54 Å². The molecule has 0 aliphatic carbocycles. The van der Waals surface area contributed by atoms with Gasteiger partial charge in [-0.05, 0) is 30.3 Å². The average molecular weight is 372 g/mol. The molecule has 0 saturated carbocycles. The smallest absolute Gasteiger partial charge is 0.241 e. The van der Waals surface area contributed by atoms with Crippen molar-refractivity contribution in [2.45, 2.75) is 6.42 Å². The summed E-state index contributed by atoms with van der Waals surface area (Å²) in [6, 6.07) is 9.52. The molecule has 0 radical (unpaired) electrons. The standard InChI is InChI=1S/C17H16N4O2S2/c1-23-14-4-2-12(3-5-14)19-17-20-13(11-25-17)10-16-21(8-9-24-16)15(22)6-7-18/h2-5,10-11H,6,8-9H2,1H3,(H,19,20)/b16-10+. The number of hydrogen-bond donors (Lipinski definition) is 1. The lowest BCUT2D eigenvalue weighted by molar-refractivity contribution is -0.127. The van der Waals surface area contributed by atoms with Crippen LogP contribution in [0, 0.1) is 11.3 Å². The Hall–Kier alpha value is -2.50. The summed E-state index contributed by atoms with van der Waals surface area (Å²) in [5, 5.41) is 15.5. The first kappa shape index (κ1) is 17.3. The second kappa shape index (κ2) is 8.05. The summed E-state index contributed by atoms with van der Waals surface area (Å²) in [6.07, 6.45) is 1.79. The molecule has 8 heteroatoms. The van der Waals surface area contributed by atoms with Crippen molar-refractivity contribution in [2.75, 3.05) is 24.7 Å². The SMILES string of the molecule is COc1ccc(Nc2nc(/C=C3/SCCN3C(=O)CC#N)cs2)cc1. The predicted octanol–water partition coefficient (Wildman–Crippen LogP) is 3.68. The molecule has 1 N–H and O–H groups in total. The molecule has 0 atom stereocenters. The van der Waals surface area contributed by atoms with Crippen LogP contribution < -0.4 is 10.1 Å². The lowest BCUT2D eigenvalue weighted by atomic mass is 10.3. The fourth-order valence-corrected chi connectivity index (χ4v) is 4.02. The van der Waals surface area contributed by atoms with Crippen LogP contribution in [0.3, 0.4) is 0 Å². The molecule has 2 aromatic rings. The number of nitrogens with zero attached hydrogens (tertiary/aromatic N) is 3. The monoisotopic (exact) mass is 372 g/mol. The van der Waals surface area contributed by atoms with Gasteiger partial charge in [0.1, 0.15) is 12.2 Å². The number of nitrogens with one attached hydrogen (secondary N) is 1. The number of carbonyl (C=O) groups is 1. The van der Waals surface area contributed by atoms with Crippen LogP contribution in [-0.2, 0) is 4.79 Å². The van der Waals surface area contributed by atoms with E-state index in [2.05, 4.69) is 10.3 Å². The van der Waals surface area contributed by atoms with E-state index in [-0.39, 0.29) is 12.3 Å². The minimum atomic E-state index is -0.162. The van der Waals surface area contributed by atoms with Gasteiger partial charge in [0, 0.05) is 23.4 Å². The van der Waals surface area contributed by atoms with Crippen molar-refractivity contribution in [1.82, 2.24) is 9.88 Å². The van der Waals surface area contributed by atoms with Gasteiger partial charge >= 0.3 is 0 Å². The van der Waals surface area contributed by atoms with E-state index in [9.17, 15) is 4.79 Å². The number of methoxy groups -OCH3 is 1. The number of aromatic nitrogens is 1. The third-order valence-corrected chi connectivity index (χ3v) is 5.29. The Labute approximate surface area is 154 Å². The molecule has 3 rings (SSSR count). The van der Waals surface area contributed by atoms with Crippen LogP contribution in [0.2, 0.25) is 0 Å². The Morgan fingerprint density at radius 2 is 2.28 bits per heavy atom. The minimum absolute atomic E-state index is 0.0980. The zero-order valence-corrected chi connectivity index (χ0v) is 15.2. The largest absolute Gasteiger partial charge is 0.497 e. The zero-order valence-electron chi connectivity index (χ0n) is 13.6. The van der Waals surface area contributed by atoms with Crippen LogP contribution in [0.4, 0.5) is 10.8 Å². The maximum absolute atomic E-state index is 12.0.